The molecule has 4 heteroatoms. The third-order valence-electron chi connectivity index (χ3n) is 5.41. The number of hydrogen-bond acceptors (Lipinski definition) is 3. The maximum atomic E-state index is 12.8. The molecule has 1 aromatic heterocycles. The van der Waals surface area contributed by atoms with Crippen LogP contribution in [0.5, 0.6) is 0 Å². The van der Waals surface area contributed by atoms with Crippen LogP contribution in [0.2, 0.25) is 0 Å². The highest BCUT2D eigenvalue weighted by Crippen LogP contribution is 2.33. The molecular weight excluding hydrogens is 316 g/mol. The van der Waals surface area contributed by atoms with Crippen LogP contribution in [0.3, 0.4) is 0 Å². The summed E-state index contributed by atoms with van der Waals surface area (Å²) >= 11 is 1.82. The van der Waals surface area contributed by atoms with Crippen molar-refractivity contribution in [2.75, 3.05) is 19.6 Å². The molecule has 0 radical (unpaired) electrons. The second kappa shape index (κ2) is 6.69. The van der Waals surface area contributed by atoms with Crippen LogP contribution in [0.1, 0.15) is 40.5 Å². The number of nitrogens with zero attached hydrogens (tertiary/aromatic N) is 2. The van der Waals surface area contributed by atoms with Gasteiger partial charge in [0.2, 0.25) is 5.91 Å². The highest BCUT2D eigenvalue weighted by molar-refractivity contribution is 7.10. The summed E-state index contributed by atoms with van der Waals surface area (Å²) in [7, 11) is 0. The Kier molecular flexibility index (Phi) is 4.42. The Hall–Kier alpha value is -1.65. The minimum Gasteiger partial charge on any atom is -0.337 e. The summed E-state index contributed by atoms with van der Waals surface area (Å²) in [6.45, 7) is 5.42. The molecule has 1 fully saturated rings. The number of likely N-dealkylation sites (tertiary alicyclic amines) is 1. The first-order chi connectivity index (χ1) is 11.7. The number of benzene rings is 1. The van der Waals surface area contributed by atoms with Crippen LogP contribution in [0.15, 0.2) is 35.7 Å². The number of aryl methyl sites for hydroxylation is 1. The van der Waals surface area contributed by atoms with Crippen LogP contribution >= 0.6 is 11.3 Å². The van der Waals surface area contributed by atoms with Crippen molar-refractivity contribution in [3.05, 3.63) is 57.3 Å². The van der Waals surface area contributed by atoms with Crippen molar-refractivity contribution in [3.8, 4) is 0 Å². The Balaban J connectivity index is 1.45. The van der Waals surface area contributed by atoms with Gasteiger partial charge >= 0.3 is 0 Å². The van der Waals surface area contributed by atoms with E-state index in [4.69, 9.17) is 0 Å². The molecule has 1 aromatic carbocycles. The van der Waals surface area contributed by atoms with E-state index in [1.54, 1.807) is 0 Å². The smallest absolute Gasteiger partial charge is 0.237 e. The van der Waals surface area contributed by atoms with E-state index in [0.29, 0.717) is 12.6 Å². The number of carbonyl (C=O) groups excluding carboxylic acids is 1. The summed E-state index contributed by atoms with van der Waals surface area (Å²) in [5.41, 5.74) is 4.07. The van der Waals surface area contributed by atoms with Crippen LogP contribution in [0, 0.1) is 6.92 Å². The first-order valence-corrected chi connectivity index (χ1v) is 9.73. The number of fused-ring (bicyclic) bond motifs is 1. The summed E-state index contributed by atoms with van der Waals surface area (Å²) in [6.07, 6.45) is 3.35. The lowest BCUT2D eigenvalue weighted by Crippen LogP contribution is -2.42. The first kappa shape index (κ1) is 15.9. The van der Waals surface area contributed by atoms with Gasteiger partial charge < -0.3 is 4.90 Å². The van der Waals surface area contributed by atoms with E-state index in [9.17, 15) is 4.79 Å². The van der Waals surface area contributed by atoms with Gasteiger partial charge in [0, 0.05) is 24.0 Å². The zero-order valence-corrected chi connectivity index (χ0v) is 15.0. The van der Waals surface area contributed by atoms with Crippen LogP contribution in [0.25, 0.3) is 0 Å². The Morgan fingerprint density at radius 3 is 3.00 bits per heavy atom. The lowest BCUT2D eigenvalue weighted by Gasteiger charge is -2.31. The standard InChI is InChI=1S/C20H24N2OS/c1-15-5-2-3-6-17(15)18-7-4-10-21(18)14-20(23)22-11-8-19-16(13-22)9-12-24-19/h2-3,5-6,9,12,18H,4,7-8,10-11,13-14H2,1H3/t18-/m0/s1. The van der Waals surface area contributed by atoms with Gasteiger partial charge in [0.1, 0.15) is 0 Å². The van der Waals surface area contributed by atoms with Crippen molar-refractivity contribution in [1.82, 2.24) is 9.80 Å². The maximum Gasteiger partial charge on any atom is 0.237 e. The van der Waals surface area contributed by atoms with Gasteiger partial charge in [-0.3, -0.25) is 9.69 Å². The largest absolute Gasteiger partial charge is 0.337 e. The summed E-state index contributed by atoms with van der Waals surface area (Å²) in [6, 6.07) is 11.2. The second-order valence-electron chi connectivity index (χ2n) is 6.92. The predicted molar refractivity (Wildman–Crippen MR) is 98.2 cm³/mol. The summed E-state index contributed by atoms with van der Waals surface area (Å²) < 4.78 is 0. The van der Waals surface area contributed by atoms with Gasteiger partial charge in [0.05, 0.1) is 6.54 Å². The summed E-state index contributed by atoms with van der Waals surface area (Å²) in [5, 5.41) is 2.15. The van der Waals surface area contributed by atoms with Crippen molar-refractivity contribution >= 4 is 17.2 Å². The third-order valence-corrected chi connectivity index (χ3v) is 6.43. The number of carbonyl (C=O) groups is 1. The molecule has 0 saturated carbocycles. The minimum absolute atomic E-state index is 0.285. The SMILES string of the molecule is Cc1ccccc1[C@@H]1CCCN1CC(=O)N1CCc2sccc2C1. The van der Waals surface area contributed by atoms with Crippen molar-refractivity contribution in [1.29, 1.82) is 0 Å². The van der Waals surface area contributed by atoms with E-state index < -0.39 is 0 Å². The summed E-state index contributed by atoms with van der Waals surface area (Å²) in [5.74, 6) is 0.285. The van der Waals surface area contributed by atoms with Gasteiger partial charge in [-0.15, -0.1) is 11.3 Å². The first-order valence-electron chi connectivity index (χ1n) is 8.85. The molecule has 1 amide bonds. The predicted octanol–water partition coefficient (Wildman–Crippen LogP) is 3.78. The average molecular weight is 340 g/mol. The molecule has 3 nitrogen and oxygen atoms in total. The number of rotatable bonds is 3. The van der Waals surface area contributed by atoms with Gasteiger partial charge in [-0.2, -0.15) is 0 Å². The van der Waals surface area contributed by atoms with Crippen molar-refractivity contribution in [2.24, 2.45) is 0 Å². The molecule has 2 aliphatic heterocycles. The zero-order chi connectivity index (χ0) is 16.5. The molecular formula is C20H24N2OS. The molecule has 0 N–H and O–H groups in total. The fourth-order valence-corrected chi connectivity index (χ4v) is 4.95. The Labute approximate surface area is 147 Å². The van der Waals surface area contributed by atoms with E-state index in [1.165, 1.54) is 28.0 Å². The third kappa shape index (κ3) is 3.01. The topological polar surface area (TPSA) is 23.6 Å². The molecule has 0 spiro atoms. The monoisotopic (exact) mass is 340 g/mol. The lowest BCUT2D eigenvalue weighted by atomic mass is 9.99. The van der Waals surface area contributed by atoms with E-state index in [1.807, 2.05) is 16.2 Å². The normalized spacial score (nSPS) is 21.0. The van der Waals surface area contributed by atoms with Gasteiger partial charge in [0.25, 0.3) is 0 Å². The van der Waals surface area contributed by atoms with Crippen molar-refractivity contribution in [2.45, 2.75) is 38.8 Å². The van der Waals surface area contributed by atoms with Crippen LogP contribution in [-0.4, -0.2) is 35.3 Å². The average Bonchev–Trinajstić information content (AvgIpc) is 3.23. The molecule has 0 bridgehead atoms. The van der Waals surface area contributed by atoms with Gasteiger partial charge in [0.15, 0.2) is 0 Å². The molecule has 2 aliphatic rings. The molecule has 24 heavy (non-hydrogen) atoms. The zero-order valence-electron chi connectivity index (χ0n) is 14.2. The molecule has 0 unspecified atom stereocenters. The maximum absolute atomic E-state index is 12.8. The quantitative estimate of drug-likeness (QED) is 0.849. The highest BCUT2D eigenvalue weighted by Gasteiger charge is 2.30. The van der Waals surface area contributed by atoms with Crippen LogP contribution < -0.4 is 0 Å². The molecule has 4 rings (SSSR count). The second-order valence-corrected chi connectivity index (χ2v) is 7.92. The Bertz CT molecular complexity index is 739. The van der Waals surface area contributed by atoms with Gasteiger partial charge in [-0.05, 0) is 60.9 Å². The van der Waals surface area contributed by atoms with E-state index in [0.717, 1.165) is 32.5 Å². The molecule has 2 aromatic rings. The Morgan fingerprint density at radius 1 is 1.25 bits per heavy atom. The van der Waals surface area contributed by atoms with Gasteiger partial charge in [-0.25, -0.2) is 0 Å². The van der Waals surface area contributed by atoms with E-state index >= 15 is 0 Å². The van der Waals surface area contributed by atoms with Crippen molar-refractivity contribution < 1.29 is 4.79 Å². The van der Waals surface area contributed by atoms with Crippen LogP contribution in [0.4, 0.5) is 0 Å². The minimum atomic E-state index is 0.285. The highest BCUT2D eigenvalue weighted by atomic mass is 32.1. The number of thiophene rings is 1. The summed E-state index contributed by atoms with van der Waals surface area (Å²) in [4.78, 5) is 18.7. The van der Waals surface area contributed by atoms with E-state index in [-0.39, 0.29) is 5.91 Å². The van der Waals surface area contributed by atoms with Crippen molar-refractivity contribution in [3.63, 3.8) is 0 Å². The molecule has 126 valence electrons. The lowest BCUT2D eigenvalue weighted by molar-refractivity contribution is -0.133. The number of hydrogen-bond donors (Lipinski definition) is 0. The van der Waals surface area contributed by atoms with Crippen LogP contribution in [-0.2, 0) is 17.8 Å². The molecule has 1 atom stereocenters. The Morgan fingerprint density at radius 2 is 2.12 bits per heavy atom. The van der Waals surface area contributed by atoms with Gasteiger partial charge in [-0.1, -0.05) is 24.3 Å². The fraction of sp³-hybridized carbons (Fsp3) is 0.450. The number of amides is 1. The van der Waals surface area contributed by atoms with E-state index in [2.05, 4.69) is 47.5 Å². The molecule has 0 aliphatic carbocycles. The molecule has 1 saturated heterocycles. The fourth-order valence-electron chi connectivity index (χ4n) is 4.06. The molecule has 3 heterocycles.